The summed E-state index contributed by atoms with van der Waals surface area (Å²) in [7, 11) is 0. The number of piperidine rings is 1. The van der Waals surface area contributed by atoms with Gasteiger partial charge in [0.2, 0.25) is 5.91 Å². The van der Waals surface area contributed by atoms with Crippen LogP contribution in [0.5, 0.6) is 0 Å². The van der Waals surface area contributed by atoms with E-state index in [1.807, 2.05) is 18.2 Å². The maximum atomic E-state index is 12.7. The van der Waals surface area contributed by atoms with Gasteiger partial charge in [0.1, 0.15) is 0 Å². The lowest BCUT2D eigenvalue weighted by molar-refractivity contribution is -0.121. The van der Waals surface area contributed by atoms with E-state index in [4.69, 9.17) is 0 Å². The SMILES string of the molecule is CC(C)(C)c1ccccc1NC(=O)C1NCCCC1(C)C. The van der Waals surface area contributed by atoms with Gasteiger partial charge in [-0.25, -0.2) is 0 Å². The van der Waals surface area contributed by atoms with E-state index in [1.54, 1.807) is 0 Å². The number of benzene rings is 1. The number of carbonyl (C=O) groups is 1. The summed E-state index contributed by atoms with van der Waals surface area (Å²) in [5.74, 6) is 0.0800. The van der Waals surface area contributed by atoms with Gasteiger partial charge < -0.3 is 10.6 Å². The first-order valence-electron chi connectivity index (χ1n) is 7.85. The molecule has 2 rings (SSSR count). The molecule has 0 bridgehead atoms. The number of hydrogen-bond acceptors (Lipinski definition) is 2. The third-order valence-corrected chi connectivity index (χ3v) is 4.38. The van der Waals surface area contributed by atoms with Crippen LogP contribution < -0.4 is 10.6 Å². The van der Waals surface area contributed by atoms with Gasteiger partial charge in [0, 0.05) is 5.69 Å². The first-order chi connectivity index (χ1) is 9.72. The van der Waals surface area contributed by atoms with E-state index in [9.17, 15) is 4.79 Å². The number of hydrogen-bond donors (Lipinski definition) is 2. The largest absolute Gasteiger partial charge is 0.324 e. The van der Waals surface area contributed by atoms with Crippen molar-refractivity contribution < 1.29 is 4.79 Å². The molecule has 1 aromatic rings. The molecule has 1 atom stereocenters. The van der Waals surface area contributed by atoms with Crippen molar-refractivity contribution >= 4 is 11.6 Å². The van der Waals surface area contributed by atoms with E-state index in [2.05, 4.69) is 51.3 Å². The van der Waals surface area contributed by atoms with Crippen molar-refractivity contribution in [2.24, 2.45) is 5.41 Å². The second kappa shape index (κ2) is 5.80. The van der Waals surface area contributed by atoms with Crippen LogP contribution in [-0.2, 0) is 10.2 Å². The van der Waals surface area contributed by atoms with Crippen LogP contribution in [0.4, 0.5) is 5.69 Å². The number of amides is 1. The fourth-order valence-electron chi connectivity index (χ4n) is 3.11. The van der Waals surface area contributed by atoms with Gasteiger partial charge in [0.15, 0.2) is 0 Å². The molecule has 1 aliphatic heterocycles. The van der Waals surface area contributed by atoms with Crippen molar-refractivity contribution in [3.05, 3.63) is 29.8 Å². The fourth-order valence-corrected chi connectivity index (χ4v) is 3.11. The van der Waals surface area contributed by atoms with Gasteiger partial charge in [0.25, 0.3) is 0 Å². The van der Waals surface area contributed by atoms with Crippen molar-refractivity contribution in [2.75, 3.05) is 11.9 Å². The van der Waals surface area contributed by atoms with Crippen LogP contribution in [0.2, 0.25) is 0 Å². The summed E-state index contributed by atoms with van der Waals surface area (Å²) in [4.78, 5) is 12.7. The van der Waals surface area contributed by atoms with E-state index < -0.39 is 0 Å². The topological polar surface area (TPSA) is 41.1 Å². The predicted molar refractivity (Wildman–Crippen MR) is 88.6 cm³/mol. The second-order valence-electron chi connectivity index (χ2n) is 7.76. The Morgan fingerprint density at radius 1 is 1.29 bits per heavy atom. The Morgan fingerprint density at radius 2 is 1.95 bits per heavy atom. The summed E-state index contributed by atoms with van der Waals surface area (Å²) in [5, 5.41) is 6.52. The quantitative estimate of drug-likeness (QED) is 0.871. The van der Waals surface area contributed by atoms with Gasteiger partial charge in [-0.2, -0.15) is 0 Å². The molecule has 116 valence electrons. The molecule has 1 fully saturated rings. The standard InChI is InChI=1S/C18H28N2O/c1-17(2,3)13-9-6-7-10-14(13)20-16(21)15-18(4,5)11-8-12-19-15/h6-7,9-10,15,19H,8,11-12H2,1-5H3,(H,20,21). The molecule has 3 heteroatoms. The number of carbonyl (C=O) groups excluding carboxylic acids is 1. The first kappa shape index (κ1) is 16.0. The maximum Gasteiger partial charge on any atom is 0.242 e. The lowest BCUT2D eigenvalue weighted by Gasteiger charge is -2.38. The van der Waals surface area contributed by atoms with Crippen molar-refractivity contribution in [3.8, 4) is 0 Å². The highest BCUT2D eigenvalue weighted by molar-refractivity contribution is 5.96. The molecule has 0 spiro atoms. The van der Waals surface area contributed by atoms with Crippen LogP contribution in [0, 0.1) is 5.41 Å². The fraction of sp³-hybridized carbons (Fsp3) is 0.611. The normalized spacial score (nSPS) is 21.9. The summed E-state index contributed by atoms with van der Waals surface area (Å²) in [6, 6.07) is 7.96. The lowest BCUT2D eigenvalue weighted by atomic mass is 9.77. The first-order valence-corrected chi connectivity index (χ1v) is 7.85. The van der Waals surface area contributed by atoms with E-state index in [0.29, 0.717) is 0 Å². The zero-order valence-electron chi connectivity index (χ0n) is 13.9. The minimum absolute atomic E-state index is 0.000983. The van der Waals surface area contributed by atoms with E-state index in [1.165, 1.54) is 5.56 Å². The Hall–Kier alpha value is -1.35. The number of rotatable bonds is 2. The molecule has 1 amide bonds. The Morgan fingerprint density at radius 3 is 2.57 bits per heavy atom. The lowest BCUT2D eigenvalue weighted by Crippen LogP contribution is -2.53. The average Bonchev–Trinajstić information content (AvgIpc) is 2.37. The summed E-state index contributed by atoms with van der Waals surface area (Å²) in [5.41, 5.74) is 2.11. The average molecular weight is 288 g/mol. The Balaban J connectivity index is 2.20. The van der Waals surface area contributed by atoms with E-state index >= 15 is 0 Å². The zero-order valence-corrected chi connectivity index (χ0v) is 13.9. The molecule has 1 aromatic carbocycles. The molecule has 2 N–H and O–H groups in total. The molecule has 1 heterocycles. The molecule has 0 aliphatic carbocycles. The molecule has 21 heavy (non-hydrogen) atoms. The van der Waals surface area contributed by atoms with Gasteiger partial charge in [-0.3, -0.25) is 4.79 Å². The van der Waals surface area contributed by atoms with Crippen molar-refractivity contribution in [2.45, 2.75) is 58.9 Å². The molecule has 0 aromatic heterocycles. The predicted octanol–water partition coefficient (Wildman–Crippen LogP) is 3.70. The summed E-state index contributed by atoms with van der Waals surface area (Å²) < 4.78 is 0. The molecule has 0 radical (unpaired) electrons. The minimum Gasteiger partial charge on any atom is -0.324 e. The van der Waals surface area contributed by atoms with Gasteiger partial charge >= 0.3 is 0 Å². The van der Waals surface area contributed by atoms with Crippen LogP contribution in [0.1, 0.15) is 53.0 Å². The van der Waals surface area contributed by atoms with Crippen LogP contribution in [0.3, 0.4) is 0 Å². The highest BCUT2D eigenvalue weighted by Gasteiger charge is 2.37. The summed E-state index contributed by atoms with van der Waals surface area (Å²) in [6.07, 6.45) is 2.22. The third kappa shape index (κ3) is 3.65. The molecular formula is C18H28N2O. The number of nitrogens with one attached hydrogen (secondary N) is 2. The molecule has 0 saturated carbocycles. The second-order valence-corrected chi connectivity index (χ2v) is 7.76. The van der Waals surface area contributed by atoms with Gasteiger partial charge in [-0.15, -0.1) is 0 Å². The smallest absolute Gasteiger partial charge is 0.242 e. The van der Waals surface area contributed by atoms with Gasteiger partial charge in [-0.1, -0.05) is 52.8 Å². The van der Waals surface area contributed by atoms with Crippen LogP contribution in [0.15, 0.2) is 24.3 Å². The van der Waals surface area contributed by atoms with Crippen molar-refractivity contribution in [1.29, 1.82) is 0 Å². The van der Waals surface area contributed by atoms with E-state index in [-0.39, 0.29) is 22.8 Å². The van der Waals surface area contributed by atoms with Crippen LogP contribution in [-0.4, -0.2) is 18.5 Å². The van der Waals surface area contributed by atoms with Gasteiger partial charge in [-0.05, 0) is 41.8 Å². The molecule has 3 nitrogen and oxygen atoms in total. The van der Waals surface area contributed by atoms with E-state index in [0.717, 1.165) is 25.1 Å². The number of para-hydroxylation sites is 1. The molecule has 1 unspecified atom stereocenters. The zero-order chi connectivity index (χ0) is 15.7. The maximum absolute atomic E-state index is 12.7. The monoisotopic (exact) mass is 288 g/mol. The number of anilines is 1. The van der Waals surface area contributed by atoms with Crippen LogP contribution >= 0.6 is 0 Å². The van der Waals surface area contributed by atoms with Crippen molar-refractivity contribution in [1.82, 2.24) is 5.32 Å². The molecule has 1 saturated heterocycles. The highest BCUT2D eigenvalue weighted by atomic mass is 16.2. The highest BCUT2D eigenvalue weighted by Crippen LogP contribution is 2.33. The van der Waals surface area contributed by atoms with Crippen molar-refractivity contribution in [3.63, 3.8) is 0 Å². The molecule has 1 aliphatic rings. The molecular weight excluding hydrogens is 260 g/mol. The summed E-state index contributed by atoms with van der Waals surface area (Å²) >= 11 is 0. The Labute approximate surface area is 128 Å². The van der Waals surface area contributed by atoms with Gasteiger partial charge in [0.05, 0.1) is 6.04 Å². The Kier molecular flexibility index (Phi) is 4.43. The Bertz CT molecular complexity index is 514. The third-order valence-electron chi connectivity index (χ3n) is 4.38. The summed E-state index contributed by atoms with van der Waals surface area (Å²) in [6.45, 7) is 11.8. The van der Waals surface area contributed by atoms with Crippen LogP contribution in [0.25, 0.3) is 0 Å². The minimum atomic E-state index is -0.126.